The predicted octanol–water partition coefficient (Wildman–Crippen LogP) is 4.30. The third-order valence-corrected chi connectivity index (χ3v) is 3.60. The molecule has 0 aliphatic carbocycles. The van der Waals surface area contributed by atoms with Crippen LogP contribution in [-0.2, 0) is 11.3 Å². The van der Waals surface area contributed by atoms with Gasteiger partial charge >= 0.3 is 11.9 Å². The minimum absolute atomic E-state index is 0.0550. The Morgan fingerprint density at radius 3 is 2.08 bits per heavy atom. The molecule has 0 aromatic heterocycles. The monoisotopic (exact) mass is 358 g/mol. The highest BCUT2D eigenvalue weighted by atomic mass is 16.5. The number of carboxylic acids is 1. The number of esters is 1. The minimum atomic E-state index is -1.15. The highest BCUT2D eigenvalue weighted by Crippen LogP contribution is 2.12. The lowest BCUT2D eigenvalue weighted by molar-refractivity contribution is 0.0463. The van der Waals surface area contributed by atoms with E-state index in [1.54, 1.807) is 12.1 Å². The molecule has 0 aliphatic rings. The first-order valence-electron chi connectivity index (χ1n) is 8.74. The number of carbonyl (C=O) groups excluding carboxylic acids is 1. The largest absolute Gasteiger partial charge is 0.478 e. The summed E-state index contributed by atoms with van der Waals surface area (Å²) in [4.78, 5) is 22.9. The molecule has 2 aromatic rings. The summed E-state index contributed by atoms with van der Waals surface area (Å²) >= 11 is 0. The second-order valence-corrected chi connectivity index (χ2v) is 5.70. The van der Waals surface area contributed by atoms with Gasteiger partial charge in [-0.05, 0) is 24.1 Å². The fourth-order valence-electron chi connectivity index (χ4n) is 2.19. The zero-order chi connectivity index (χ0) is 19.2. The van der Waals surface area contributed by atoms with E-state index in [1.165, 1.54) is 31.4 Å². The molecule has 0 bridgehead atoms. The van der Waals surface area contributed by atoms with E-state index in [9.17, 15) is 9.59 Å². The molecular weight excluding hydrogens is 332 g/mol. The van der Waals surface area contributed by atoms with E-state index in [4.69, 9.17) is 14.9 Å². The van der Waals surface area contributed by atoms with E-state index in [0.29, 0.717) is 6.61 Å². The Balaban J connectivity index is 0.000000412. The van der Waals surface area contributed by atoms with Crippen molar-refractivity contribution in [3.63, 3.8) is 0 Å². The van der Waals surface area contributed by atoms with Crippen molar-refractivity contribution in [1.29, 1.82) is 0 Å². The number of benzene rings is 2. The van der Waals surface area contributed by atoms with Crippen molar-refractivity contribution in [2.24, 2.45) is 0 Å². The molecule has 5 heteroatoms. The van der Waals surface area contributed by atoms with Crippen molar-refractivity contribution in [2.75, 3.05) is 6.61 Å². The topological polar surface area (TPSA) is 83.8 Å². The molecule has 0 amide bonds. The van der Waals surface area contributed by atoms with Crippen LogP contribution in [0.1, 0.15) is 58.9 Å². The van der Waals surface area contributed by atoms with Gasteiger partial charge in [0.1, 0.15) is 6.61 Å². The number of aromatic carboxylic acids is 1. The van der Waals surface area contributed by atoms with E-state index in [-0.39, 0.29) is 17.7 Å². The number of aliphatic hydroxyl groups excluding tert-OH is 1. The summed E-state index contributed by atoms with van der Waals surface area (Å²) in [7, 11) is 0. The molecule has 0 saturated carbocycles. The molecule has 0 fully saturated rings. The Morgan fingerprint density at radius 2 is 1.50 bits per heavy atom. The Morgan fingerprint density at radius 1 is 0.885 bits per heavy atom. The average molecular weight is 358 g/mol. The van der Waals surface area contributed by atoms with E-state index in [0.717, 1.165) is 12.0 Å². The van der Waals surface area contributed by atoms with Crippen molar-refractivity contribution >= 4 is 11.9 Å². The molecule has 0 spiro atoms. The van der Waals surface area contributed by atoms with Gasteiger partial charge in [0.2, 0.25) is 0 Å². The summed E-state index contributed by atoms with van der Waals surface area (Å²) < 4.78 is 5.10. The van der Waals surface area contributed by atoms with Crippen molar-refractivity contribution in [1.82, 2.24) is 0 Å². The maximum Gasteiger partial charge on any atom is 0.339 e. The maximum atomic E-state index is 11.9. The molecule has 5 nitrogen and oxygen atoms in total. The highest BCUT2D eigenvalue weighted by molar-refractivity contribution is 6.02. The number of hydrogen-bond acceptors (Lipinski definition) is 4. The number of ether oxygens (including phenoxy) is 1. The van der Waals surface area contributed by atoms with Crippen LogP contribution in [0.15, 0.2) is 54.6 Å². The Labute approximate surface area is 154 Å². The van der Waals surface area contributed by atoms with E-state index < -0.39 is 11.9 Å². The van der Waals surface area contributed by atoms with Crippen LogP contribution in [0.3, 0.4) is 0 Å². The zero-order valence-corrected chi connectivity index (χ0v) is 15.1. The zero-order valence-electron chi connectivity index (χ0n) is 15.1. The van der Waals surface area contributed by atoms with Gasteiger partial charge in [0, 0.05) is 6.61 Å². The first kappa shape index (κ1) is 21.4. The fraction of sp³-hybridized carbons (Fsp3) is 0.333. The van der Waals surface area contributed by atoms with E-state index in [2.05, 4.69) is 6.92 Å². The van der Waals surface area contributed by atoms with E-state index in [1.807, 2.05) is 30.3 Å². The predicted molar refractivity (Wildman–Crippen MR) is 100 cm³/mol. The van der Waals surface area contributed by atoms with Crippen LogP contribution in [0.25, 0.3) is 0 Å². The van der Waals surface area contributed by atoms with Crippen molar-refractivity contribution in [3.8, 4) is 0 Å². The first-order valence-corrected chi connectivity index (χ1v) is 8.74. The molecule has 140 valence electrons. The number of unbranched alkanes of at least 4 members (excludes halogenated alkanes) is 3. The molecule has 0 saturated heterocycles. The van der Waals surface area contributed by atoms with Crippen LogP contribution in [0.4, 0.5) is 0 Å². The SMILES string of the molecule is CCCCCCO.O=C(O)c1ccccc1C(=O)OCc1ccccc1. The fourth-order valence-corrected chi connectivity index (χ4v) is 2.19. The van der Waals surface area contributed by atoms with Gasteiger partial charge < -0.3 is 14.9 Å². The second kappa shape index (κ2) is 12.7. The number of hydrogen-bond donors (Lipinski definition) is 2. The molecule has 0 atom stereocenters. The summed E-state index contributed by atoms with van der Waals surface area (Å²) in [5, 5.41) is 17.3. The molecule has 2 aromatic carbocycles. The third kappa shape index (κ3) is 7.94. The molecular formula is C21H26O5. The molecule has 0 aliphatic heterocycles. The normalized spacial score (nSPS) is 9.77. The molecule has 0 heterocycles. The Bertz CT molecular complexity index is 663. The van der Waals surface area contributed by atoms with Gasteiger partial charge in [-0.1, -0.05) is 68.7 Å². The van der Waals surface area contributed by atoms with Gasteiger partial charge in [-0.25, -0.2) is 9.59 Å². The summed E-state index contributed by atoms with van der Waals surface area (Å²) in [6, 6.07) is 15.2. The van der Waals surface area contributed by atoms with E-state index >= 15 is 0 Å². The van der Waals surface area contributed by atoms with Crippen LogP contribution in [-0.4, -0.2) is 28.8 Å². The number of carboxylic acid groups (broad SMARTS) is 1. The summed E-state index contributed by atoms with van der Waals surface area (Å²) in [6.07, 6.45) is 4.68. The Hall–Kier alpha value is -2.66. The number of aliphatic hydroxyl groups is 1. The lowest BCUT2D eigenvalue weighted by Crippen LogP contribution is -2.11. The third-order valence-electron chi connectivity index (χ3n) is 3.60. The Kier molecular flexibility index (Phi) is 10.4. The summed E-state index contributed by atoms with van der Waals surface area (Å²) in [5.74, 6) is -1.78. The van der Waals surface area contributed by atoms with Crippen LogP contribution in [0.2, 0.25) is 0 Å². The average Bonchev–Trinajstić information content (AvgIpc) is 2.68. The molecule has 2 N–H and O–H groups in total. The van der Waals surface area contributed by atoms with Gasteiger partial charge in [0.15, 0.2) is 0 Å². The van der Waals surface area contributed by atoms with Gasteiger partial charge in [0.25, 0.3) is 0 Å². The number of carbonyl (C=O) groups is 2. The van der Waals surface area contributed by atoms with Crippen molar-refractivity contribution in [2.45, 2.75) is 39.2 Å². The minimum Gasteiger partial charge on any atom is -0.478 e. The summed E-state index contributed by atoms with van der Waals surface area (Å²) in [6.45, 7) is 2.64. The standard InChI is InChI=1S/C15H12O4.C6H14O/c16-14(17)12-8-4-5-9-13(12)15(18)19-10-11-6-2-1-3-7-11;1-2-3-4-5-6-7/h1-9H,10H2,(H,16,17);7H,2-6H2,1H3. The lowest BCUT2D eigenvalue weighted by Gasteiger charge is -2.07. The van der Waals surface area contributed by atoms with Crippen LogP contribution in [0.5, 0.6) is 0 Å². The lowest BCUT2D eigenvalue weighted by atomic mass is 10.1. The smallest absolute Gasteiger partial charge is 0.339 e. The maximum absolute atomic E-state index is 11.9. The molecule has 26 heavy (non-hydrogen) atoms. The van der Waals surface area contributed by atoms with Gasteiger partial charge in [-0.2, -0.15) is 0 Å². The quantitative estimate of drug-likeness (QED) is 0.543. The van der Waals surface area contributed by atoms with Crippen LogP contribution < -0.4 is 0 Å². The van der Waals surface area contributed by atoms with Crippen molar-refractivity contribution < 1.29 is 24.5 Å². The van der Waals surface area contributed by atoms with Gasteiger partial charge in [0.05, 0.1) is 11.1 Å². The molecule has 0 unspecified atom stereocenters. The van der Waals surface area contributed by atoms with Crippen LogP contribution >= 0.6 is 0 Å². The van der Waals surface area contributed by atoms with Gasteiger partial charge in [-0.3, -0.25) is 0 Å². The number of rotatable bonds is 8. The van der Waals surface area contributed by atoms with Gasteiger partial charge in [-0.15, -0.1) is 0 Å². The first-order chi connectivity index (χ1) is 12.6. The van der Waals surface area contributed by atoms with Crippen LogP contribution in [0, 0.1) is 0 Å². The second-order valence-electron chi connectivity index (χ2n) is 5.70. The summed E-state index contributed by atoms with van der Waals surface area (Å²) in [5.41, 5.74) is 0.857. The highest BCUT2D eigenvalue weighted by Gasteiger charge is 2.16. The molecule has 0 radical (unpaired) electrons. The van der Waals surface area contributed by atoms with Crippen molar-refractivity contribution in [3.05, 3.63) is 71.3 Å². The molecule has 2 rings (SSSR count).